The van der Waals surface area contributed by atoms with Crippen LogP contribution in [0.25, 0.3) is 0 Å². The Morgan fingerprint density at radius 1 is 1.07 bits per heavy atom. The van der Waals surface area contributed by atoms with Gasteiger partial charge in [0.25, 0.3) is 0 Å². The Kier molecular flexibility index (Phi) is 10.1. The molecule has 0 saturated carbocycles. The third-order valence-corrected chi connectivity index (χ3v) is 4.58. The van der Waals surface area contributed by atoms with E-state index in [4.69, 9.17) is 10.8 Å². The van der Waals surface area contributed by atoms with E-state index < -0.39 is 48.4 Å². The number of aromatic hydroxyl groups is 1. The van der Waals surface area contributed by atoms with E-state index in [0.29, 0.717) is 0 Å². The minimum Gasteiger partial charge on any atom is -0.508 e. The number of hydrogen-bond acceptors (Lipinski definition) is 7. The van der Waals surface area contributed by atoms with Crippen molar-refractivity contribution < 1.29 is 29.4 Å². The van der Waals surface area contributed by atoms with Crippen LogP contribution in [0.4, 0.5) is 0 Å². The lowest BCUT2D eigenvalue weighted by Gasteiger charge is -2.23. The summed E-state index contributed by atoms with van der Waals surface area (Å²) in [5.74, 6) is -3.35. The number of carbonyl (C=O) groups excluding carboxylic acids is 3. The van der Waals surface area contributed by atoms with Gasteiger partial charge in [-0.15, -0.1) is 0 Å². The lowest BCUT2D eigenvalue weighted by molar-refractivity contribution is -0.141. The predicted molar refractivity (Wildman–Crippen MR) is 113 cm³/mol. The summed E-state index contributed by atoms with van der Waals surface area (Å²) >= 11 is 3.84. The minimum absolute atomic E-state index is 0.0985. The van der Waals surface area contributed by atoms with E-state index >= 15 is 0 Å². The van der Waals surface area contributed by atoms with Gasteiger partial charge in [-0.2, -0.15) is 12.6 Å². The highest BCUT2D eigenvalue weighted by atomic mass is 32.1. The van der Waals surface area contributed by atoms with Crippen molar-refractivity contribution in [2.45, 2.75) is 38.4 Å². The van der Waals surface area contributed by atoms with E-state index in [1.165, 1.54) is 12.1 Å². The van der Waals surface area contributed by atoms with Gasteiger partial charge in [0.1, 0.15) is 17.8 Å². The maximum atomic E-state index is 12.4. The Bertz CT molecular complexity index is 756. The zero-order chi connectivity index (χ0) is 22.8. The van der Waals surface area contributed by atoms with E-state index in [2.05, 4.69) is 28.6 Å². The largest absolute Gasteiger partial charge is 0.508 e. The summed E-state index contributed by atoms with van der Waals surface area (Å²) in [5, 5.41) is 25.4. The fourth-order valence-corrected chi connectivity index (χ4v) is 2.73. The van der Waals surface area contributed by atoms with Gasteiger partial charge in [0.15, 0.2) is 0 Å². The van der Waals surface area contributed by atoms with E-state index in [1.807, 2.05) is 0 Å². The number of hydrogen-bond donors (Lipinski definition) is 7. The number of carboxylic acid groups (broad SMARTS) is 1. The van der Waals surface area contributed by atoms with Gasteiger partial charge >= 0.3 is 5.97 Å². The van der Waals surface area contributed by atoms with Crippen molar-refractivity contribution in [3.05, 3.63) is 29.8 Å². The fraction of sp³-hybridized carbons (Fsp3) is 0.474. The Balaban J connectivity index is 2.62. The first-order chi connectivity index (χ1) is 14.0. The maximum absolute atomic E-state index is 12.4. The van der Waals surface area contributed by atoms with Crippen LogP contribution in [0, 0.1) is 5.92 Å². The molecular formula is C19H28N4O6S. The molecule has 0 aliphatic carbocycles. The second-order valence-corrected chi connectivity index (χ2v) is 7.43. The van der Waals surface area contributed by atoms with Crippen LogP contribution in [-0.4, -0.2) is 64.3 Å². The van der Waals surface area contributed by atoms with Gasteiger partial charge in [0.2, 0.25) is 17.7 Å². The van der Waals surface area contributed by atoms with Crippen molar-refractivity contribution in [2.75, 3.05) is 12.3 Å². The number of phenolic OH excluding ortho intramolecular Hbond substituents is 1. The van der Waals surface area contributed by atoms with Gasteiger partial charge < -0.3 is 31.9 Å². The van der Waals surface area contributed by atoms with Crippen LogP contribution >= 0.6 is 12.6 Å². The molecule has 0 aromatic heterocycles. The third-order valence-electron chi connectivity index (χ3n) is 4.21. The summed E-state index contributed by atoms with van der Waals surface area (Å²) in [6, 6.07) is 3.23. The van der Waals surface area contributed by atoms with Crippen LogP contribution in [0.5, 0.6) is 5.75 Å². The maximum Gasteiger partial charge on any atom is 0.327 e. The monoisotopic (exact) mass is 440 g/mol. The van der Waals surface area contributed by atoms with Crippen molar-refractivity contribution in [3.8, 4) is 5.75 Å². The summed E-state index contributed by atoms with van der Waals surface area (Å²) in [6.07, 6.45) is 0.210. The van der Waals surface area contributed by atoms with E-state index in [9.17, 15) is 24.3 Å². The van der Waals surface area contributed by atoms with E-state index in [1.54, 1.807) is 26.0 Å². The summed E-state index contributed by atoms with van der Waals surface area (Å²) in [6.45, 7) is 2.99. The number of rotatable bonds is 11. The van der Waals surface area contributed by atoms with Crippen LogP contribution in [0.15, 0.2) is 24.3 Å². The second kappa shape index (κ2) is 12.0. The van der Waals surface area contributed by atoms with E-state index in [0.717, 1.165) is 5.56 Å². The smallest absolute Gasteiger partial charge is 0.327 e. The molecule has 3 unspecified atom stereocenters. The SMILES string of the molecule is CC(C)C(NC(=O)C(N)Cc1ccc(O)cc1)C(=O)NCC(=O)NC(CS)C(=O)O. The highest BCUT2D eigenvalue weighted by Gasteiger charge is 2.27. The van der Waals surface area contributed by atoms with Crippen LogP contribution in [0.3, 0.4) is 0 Å². The zero-order valence-corrected chi connectivity index (χ0v) is 17.7. The highest BCUT2D eigenvalue weighted by molar-refractivity contribution is 7.80. The quantitative estimate of drug-likeness (QED) is 0.217. The second-order valence-electron chi connectivity index (χ2n) is 7.07. The summed E-state index contributed by atoms with van der Waals surface area (Å²) in [5.41, 5.74) is 6.67. The lowest BCUT2D eigenvalue weighted by Crippen LogP contribution is -2.55. The van der Waals surface area contributed by atoms with Crippen molar-refractivity contribution in [3.63, 3.8) is 0 Å². The van der Waals surface area contributed by atoms with Crippen molar-refractivity contribution in [2.24, 2.45) is 11.7 Å². The summed E-state index contributed by atoms with van der Waals surface area (Å²) in [7, 11) is 0. The fourth-order valence-electron chi connectivity index (χ4n) is 2.48. The number of benzene rings is 1. The molecule has 166 valence electrons. The Hall–Kier alpha value is -2.79. The lowest BCUT2D eigenvalue weighted by atomic mass is 10.0. The molecule has 7 N–H and O–H groups in total. The standard InChI is InChI=1S/C19H28N4O6S/c1-10(2)16(18(27)21-8-15(25)22-14(9-30)19(28)29)23-17(26)13(20)7-11-3-5-12(24)6-4-11/h3-6,10,13-14,16,24,30H,7-9,20H2,1-2H3,(H,21,27)(H,22,25)(H,23,26)(H,28,29). The average molecular weight is 441 g/mol. The van der Waals surface area contributed by atoms with Crippen molar-refractivity contribution in [1.82, 2.24) is 16.0 Å². The van der Waals surface area contributed by atoms with Gasteiger partial charge in [-0.1, -0.05) is 26.0 Å². The third kappa shape index (κ3) is 8.29. The van der Waals surface area contributed by atoms with Gasteiger partial charge in [-0.25, -0.2) is 4.79 Å². The molecule has 0 saturated heterocycles. The predicted octanol–water partition coefficient (Wildman–Crippen LogP) is -0.982. The van der Waals surface area contributed by atoms with Crippen LogP contribution in [0.1, 0.15) is 19.4 Å². The number of nitrogens with one attached hydrogen (secondary N) is 3. The van der Waals surface area contributed by atoms with Crippen LogP contribution < -0.4 is 21.7 Å². The Labute approximate surface area is 180 Å². The first kappa shape index (κ1) is 25.2. The Morgan fingerprint density at radius 2 is 1.67 bits per heavy atom. The molecule has 3 amide bonds. The first-order valence-electron chi connectivity index (χ1n) is 9.29. The van der Waals surface area contributed by atoms with Gasteiger partial charge in [-0.05, 0) is 30.0 Å². The molecule has 30 heavy (non-hydrogen) atoms. The molecule has 0 heterocycles. The molecule has 0 aliphatic heterocycles. The molecule has 10 nitrogen and oxygen atoms in total. The molecule has 0 aliphatic rings. The number of phenols is 1. The molecule has 1 aromatic rings. The molecule has 0 bridgehead atoms. The van der Waals surface area contributed by atoms with Gasteiger partial charge in [0, 0.05) is 5.75 Å². The molecule has 0 radical (unpaired) electrons. The average Bonchev–Trinajstić information content (AvgIpc) is 2.69. The normalized spacial score (nSPS) is 13.8. The molecule has 1 aromatic carbocycles. The number of carboxylic acids is 1. The summed E-state index contributed by atoms with van der Waals surface area (Å²) in [4.78, 5) is 47.6. The molecule has 3 atom stereocenters. The zero-order valence-electron chi connectivity index (χ0n) is 16.8. The number of amides is 3. The van der Waals surface area contributed by atoms with Crippen molar-refractivity contribution in [1.29, 1.82) is 0 Å². The van der Waals surface area contributed by atoms with Gasteiger partial charge in [-0.3, -0.25) is 14.4 Å². The van der Waals surface area contributed by atoms with E-state index in [-0.39, 0.29) is 23.8 Å². The number of carbonyl (C=O) groups is 4. The van der Waals surface area contributed by atoms with Gasteiger partial charge in [0.05, 0.1) is 12.6 Å². The molecule has 11 heteroatoms. The molecule has 0 fully saturated rings. The minimum atomic E-state index is -1.24. The Morgan fingerprint density at radius 3 is 2.17 bits per heavy atom. The summed E-state index contributed by atoms with van der Waals surface area (Å²) < 4.78 is 0. The van der Waals surface area contributed by atoms with Crippen molar-refractivity contribution >= 4 is 36.3 Å². The number of thiol groups is 1. The molecule has 0 spiro atoms. The molecule has 1 rings (SSSR count). The molecular weight excluding hydrogens is 412 g/mol. The first-order valence-corrected chi connectivity index (χ1v) is 9.93. The highest BCUT2D eigenvalue weighted by Crippen LogP contribution is 2.11. The number of aliphatic carboxylic acids is 1. The van der Waals surface area contributed by atoms with Crippen LogP contribution in [-0.2, 0) is 25.6 Å². The van der Waals surface area contributed by atoms with Crippen LogP contribution in [0.2, 0.25) is 0 Å². The topological polar surface area (TPSA) is 171 Å². The number of nitrogens with two attached hydrogens (primary N) is 1.